The van der Waals surface area contributed by atoms with Crippen molar-refractivity contribution >= 4 is 15.9 Å². The van der Waals surface area contributed by atoms with E-state index in [1.54, 1.807) is 12.1 Å². The van der Waals surface area contributed by atoms with Gasteiger partial charge in [0.15, 0.2) is 0 Å². The molecule has 0 aliphatic rings. The normalized spacial score (nSPS) is 11.8. The van der Waals surface area contributed by atoms with Crippen molar-refractivity contribution < 1.29 is 9.50 Å². The molecule has 15 heavy (non-hydrogen) atoms. The van der Waals surface area contributed by atoms with Crippen LogP contribution in [0.1, 0.15) is 19.4 Å². The first-order valence-corrected chi connectivity index (χ1v) is 5.54. The molecule has 0 atom stereocenters. The highest BCUT2D eigenvalue weighted by Crippen LogP contribution is 2.15. The minimum Gasteiger partial charge on any atom is -0.394 e. The van der Waals surface area contributed by atoms with Crippen LogP contribution in [0.3, 0.4) is 0 Å². The van der Waals surface area contributed by atoms with Gasteiger partial charge in [-0.3, -0.25) is 0 Å². The van der Waals surface area contributed by atoms with E-state index in [4.69, 9.17) is 5.11 Å². The van der Waals surface area contributed by atoms with Gasteiger partial charge in [-0.1, -0.05) is 22.0 Å². The molecule has 0 fully saturated rings. The second-order valence-electron chi connectivity index (χ2n) is 4.13. The summed E-state index contributed by atoms with van der Waals surface area (Å²) < 4.78 is 14.1. The Morgan fingerprint density at radius 1 is 1.47 bits per heavy atom. The minimum absolute atomic E-state index is 0.0190. The fraction of sp³-hybridized carbons (Fsp3) is 0.455. The van der Waals surface area contributed by atoms with E-state index in [9.17, 15) is 4.39 Å². The highest BCUT2D eigenvalue weighted by atomic mass is 79.9. The number of aliphatic hydroxyl groups excluding tert-OH is 1. The lowest BCUT2D eigenvalue weighted by Gasteiger charge is -2.23. The molecular formula is C11H15BrFNO. The number of benzene rings is 1. The molecule has 84 valence electrons. The molecule has 0 radical (unpaired) electrons. The van der Waals surface area contributed by atoms with Crippen LogP contribution in [0.4, 0.5) is 4.39 Å². The van der Waals surface area contributed by atoms with E-state index in [2.05, 4.69) is 21.2 Å². The summed E-state index contributed by atoms with van der Waals surface area (Å²) in [5, 5.41) is 12.1. The second-order valence-corrected chi connectivity index (χ2v) is 5.05. The fourth-order valence-corrected chi connectivity index (χ4v) is 1.39. The molecule has 0 heterocycles. The molecule has 0 saturated heterocycles. The van der Waals surface area contributed by atoms with Gasteiger partial charge in [-0.05, 0) is 26.0 Å². The molecule has 0 aromatic heterocycles. The van der Waals surface area contributed by atoms with E-state index in [0.29, 0.717) is 12.1 Å². The maximum atomic E-state index is 13.4. The van der Waals surface area contributed by atoms with Crippen LogP contribution in [0.5, 0.6) is 0 Å². The summed E-state index contributed by atoms with van der Waals surface area (Å²) in [5.74, 6) is -0.245. The molecular weight excluding hydrogens is 261 g/mol. The zero-order valence-corrected chi connectivity index (χ0v) is 10.4. The summed E-state index contributed by atoms with van der Waals surface area (Å²) in [6.45, 7) is 4.16. The molecule has 2 nitrogen and oxygen atoms in total. The van der Waals surface area contributed by atoms with Gasteiger partial charge in [-0.25, -0.2) is 4.39 Å². The van der Waals surface area contributed by atoms with Gasteiger partial charge in [0.25, 0.3) is 0 Å². The number of aliphatic hydroxyl groups is 1. The number of hydrogen-bond acceptors (Lipinski definition) is 2. The molecule has 1 rings (SSSR count). The van der Waals surface area contributed by atoms with Gasteiger partial charge >= 0.3 is 0 Å². The predicted octanol–water partition coefficient (Wildman–Crippen LogP) is 2.45. The number of halogens is 2. The lowest BCUT2D eigenvalue weighted by molar-refractivity contribution is 0.187. The first kappa shape index (κ1) is 12.6. The number of nitrogens with one attached hydrogen (secondary N) is 1. The van der Waals surface area contributed by atoms with Gasteiger partial charge < -0.3 is 10.4 Å². The smallest absolute Gasteiger partial charge is 0.128 e. The van der Waals surface area contributed by atoms with Gasteiger partial charge in [0.1, 0.15) is 5.82 Å². The summed E-state index contributed by atoms with van der Waals surface area (Å²) in [5.41, 5.74) is 0.208. The van der Waals surface area contributed by atoms with Gasteiger partial charge in [-0.2, -0.15) is 0 Å². The Morgan fingerprint density at radius 2 is 2.13 bits per heavy atom. The van der Waals surface area contributed by atoms with Crippen molar-refractivity contribution in [1.82, 2.24) is 5.32 Å². The van der Waals surface area contributed by atoms with Crippen molar-refractivity contribution in [2.45, 2.75) is 25.9 Å². The first-order valence-electron chi connectivity index (χ1n) is 4.74. The summed E-state index contributed by atoms with van der Waals surface area (Å²) in [4.78, 5) is 0. The quantitative estimate of drug-likeness (QED) is 0.885. The SMILES string of the molecule is CC(C)(CO)NCc1ccc(Br)cc1F. The minimum atomic E-state index is -0.389. The van der Waals surface area contributed by atoms with Gasteiger partial charge in [-0.15, -0.1) is 0 Å². The van der Waals surface area contributed by atoms with Gasteiger partial charge in [0.2, 0.25) is 0 Å². The average Bonchev–Trinajstić information content (AvgIpc) is 2.16. The fourth-order valence-electron chi connectivity index (χ4n) is 1.06. The van der Waals surface area contributed by atoms with Crippen molar-refractivity contribution in [3.63, 3.8) is 0 Å². The summed E-state index contributed by atoms with van der Waals surface area (Å²) in [6.07, 6.45) is 0. The lowest BCUT2D eigenvalue weighted by atomic mass is 10.1. The maximum absolute atomic E-state index is 13.4. The Balaban J connectivity index is 2.66. The Labute approximate surface area is 97.6 Å². The first-order chi connectivity index (χ1) is 6.94. The predicted molar refractivity (Wildman–Crippen MR) is 62.1 cm³/mol. The summed E-state index contributed by atoms with van der Waals surface area (Å²) >= 11 is 3.20. The van der Waals surface area contributed by atoms with Gasteiger partial charge in [0.05, 0.1) is 6.61 Å². The van der Waals surface area contributed by atoms with E-state index >= 15 is 0 Å². The van der Waals surface area contributed by atoms with Crippen LogP contribution >= 0.6 is 15.9 Å². The zero-order chi connectivity index (χ0) is 11.5. The molecule has 0 aliphatic carbocycles. The second kappa shape index (κ2) is 5.05. The third-order valence-corrected chi connectivity index (χ3v) is 2.66. The molecule has 0 spiro atoms. The van der Waals surface area contributed by atoms with Gasteiger partial charge in [0, 0.05) is 22.1 Å². The van der Waals surface area contributed by atoms with Crippen LogP contribution in [-0.2, 0) is 6.54 Å². The number of hydrogen-bond donors (Lipinski definition) is 2. The van der Waals surface area contributed by atoms with Crippen LogP contribution in [0, 0.1) is 5.82 Å². The van der Waals surface area contributed by atoms with Crippen molar-refractivity contribution in [3.8, 4) is 0 Å². The van der Waals surface area contributed by atoms with Crippen molar-refractivity contribution in [3.05, 3.63) is 34.1 Å². The van der Waals surface area contributed by atoms with E-state index in [0.717, 1.165) is 4.47 Å². The Morgan fingerprint density at radius 3 is 2.67 bits per heavy atom. The summed E-state index contributed by atoms with van der Waals surface area (Å²) in [6, 6.07) is 4.95. The molecule has 0 aliphatic heterocycles. The molecule has 1 aromatic carbocycles. The standard InChI is InChI=1S/C11H15BrFNO/c1-11(2,7-15)14-6-8-3-4-9(12)5-10(8)13/h3-5,14-15H,6-7H2,1-2H3. The van der Waals surface area contributed by atoms with Crippen molar-refractivity contribution in [1.29, 1.82) is 0 Å². The monoisotopic (exact) mass is 275 g/mol. The van der Waals surface area contributed by atoms with E-state index < -0.39 is 0 Å². The third-order valence-electron chi connectivity index (χ3n) is 2.17. The topological polar surface area (TPSA) is 32.3 Å². The van der Waals surface area contributed by atoms with E-state index in [-0.39, 0.29) is 18.0 Å². The summed E-state index contributed by atoms with van der Waals surface area (Å²) in [7, 11) is 0. The van der Waals surface area contributed by atoms with Crippen LogP contribution in [0.25, 0.3) is 0 Å². The van der Waals surface area contributed by atoms with E-state index in [1.807, 2.05) is 13.8 Å². The van der Waals surface area contributed by atoms with Crippen LogP contribution < -0.4 is 5.32 Å². The van der Waals surface area contributed by atoms with Crippen molar-refractivity contribution in [2.75, 3.05) is 6.61 Å². The maximum Gasteiger partial charge on any atom is 0.128 e. The number of rotatable bonds is 4. The Hall–Kier alpha value is -0.450. The zero-order valence-electron chi connectivity index (χ0n) is 8.85. The Kier molecular flexibility index (Phi) is 4.25. The average molecular weight is 276 g/mol. The molecule has 0 amide bonds. The van der Waals surface area contributed by atoms with Crippen LogP contribution in [-0.4, -0.2) is 17.3 Å². The molecule has 0 bridgehead atoms. The van der Waals surface area contributed by atoms with Crippen LogP contribution in [0.2, 0.25) is 0 Å². The molecule has 4 heteroatoms. The highest BCUT2D eigenvalue weighted by Gasteiger charge is 2.15. The molecule has 1 aromatic rings. The molecule has 2 N–H and O–H groups in total. The molecule has 0 unspecified atom stereocenters. The third kappa shape index (κ3) is 3.89. The largest absolute Gasteiger partial charge is 0.394 e. The lowest BCUT2D eigenvalue weighted by Crippen LogP contribution is -2.42. The highest BCUT2D eigenvalue weighted by molar-refractivity contribution is 9.10. The van der Waals surface area contributed by atoms with Crippen molar-refractivity contribution in [2.24, 2.45) is 0 Å². The van der Waals surface area contributed by atoms with Crippen LogP contribution in [0.15, 0.2) is 22.7 Å². The van der Waals surface area contributed by atoms with E-state index in [1.165, 1.54) is 6.07 Å². The Bertz CT molecular complexity index is 341. The molecule has 0 saturated carbocycles.